The molecule has 1 heterocycles. The van der Waals surface area contributed by atoms with Gasteiger partial charge in [0.25, 0.3) is 5.91 Å². The third-order valence-corrected chi connectivity index (χ3v) is 4.01. The fourth-order valence-corrected chi connectivity index (χ4v) is 2.73. The van der Waals surface area contributed by atoms with Crippen LogP contribution in [0.1, 0.15) is 18.1 Å². The first-order valence-corrected chi connectivity index (χ1v) is 7.58. The number of rotatable bonds is 4. The first kappa shape index (κ1) is 15.5. The Morgan fingerprint density at radius 1 is 1.22 bits per heavy atom. The molecule has 2 aromatic rings. The first-order chi connectivity index (χ1) is 11.1. The highest BCUT2D eigenvalue weighted by Gasteiger charge is 2.28. The van der Waals surface area contributed by atoms with E-state index in [1.807, 2.05) is 24.3 Å². The largest absolute Gasteiger partial charge is 0.484 e. The molecule has 0 bridgehead atoms. The van der Waals surface area contributed by atoms with E-state index in [4.69, 9.17) is 4.74 Å². The van der Waals surface area contributed by atoms with Crippen LogP contribution in [0.25, 0.3) is 0 Å². The van der Waals surface area contributed by atoms with Crippen LogP contribution in [0.2, 0.25) is 0 Å². The molecule has 0 spiro atoms. The second-order valence-electron chi connectivity index (χ2n) is 5.47. The molecule has 0 N–H and O–H groups in total. The smallest absolute Gasteiger partial charge is 0.264 e. The lowest BCUT2D eigenvalue weighted by atomic mass is 10.1. The highest BCUT2D eigenvalue weighted by atomic mass is 19.1. The summed E-state index contributed by atoms with van der Waals surface area (Å²) in [6, 6.07) is 9.54. The molecule has 0 saturated carbocycles. The van der Waals surface area contributed by atoms with Gasteiger partial charge in [0.2, 0.25) is 0 Å². The summed E-state index contributed by atoms with van der Waals surface area (Å²) in [6.07, 6.45) is 1.32. The quantitative estimate of drug-likeness (QED) is 0.864. The second kappa shape index (κ2) is 6.36. The Labute approximate surface area is 133 Å². The zero-order chi connectivity index (χ0) is 16.4. The van der Waals surface area contributed by atoms with Gasteiger partial charge in [0, 0.05) is 18.2 Å². The maximum atomic E-state index is 13.7. The van der Waals surface area contributed by atoms with Gasteiger partial charge in [-0.3, -0.25) is 4.79 Å². The van der Waals surface area contributed by atoms with Gasteiger partial charge in [0.05, 0.1) is 5.69 Å². The van der Waals surface area contributed by atoms with E-state index in [2.05, 4.69) is 6.92 Å². The van der Waals surface area contributed by atoms with Crippen molar-refractivity contribution in [2.45, 2.75) is 19.8 Å². The average molecular weight is 317 g/mol. The number of benzene rings is 2. The van der Waals surface area contributed by atoms with Crippen LogP contribution >= 0.6 is 0 Å². The van der Waals surface area contributed by atoms with Gasteiger partial charge in [-0.2, -0.15) is 0 Å². The van der Waals surface area contributed by atoms with Crippen molar-refractivity contribution in [3.8, 4) is 5.75 Å². The molecule has 120 valence electrons. The van der Waals surface area contributed by atoms with Crippen LogP contribution in [0.4, 0.5) is 14.5 Å². The molecule has 0 fully saturated rings. The highest BCUT2D eigenvalue weighted by Crippen LogP contribution is 2.31. The van der Waals surface area contributed by atoms with Crippen molar-refractivity contribution in [3.63, 3.8) is 0 Å². The predicted octanol–water partition coefficient (Wildman–Crippen LogP) is 3.50. The van der Waals surface area contributed by atoms with E-state index < -0.39 is 11.6 Å². The molecule has 0 unspecified atom stereocenters. The van der Waals surface area contributed by atoms with Gasteiger partial charge in [-0.15, -0.1) is 0 Å². The molecular formula is C18H17F2NO2. The Balaban J connectivity index is 1.68. The normalized spacial score (nSPS) is 13.1. The van der Waals surface area contributed by atoms with E-state index >= 15 is 0 Å². The van der Waals surface area contributed by atoms with E-state index in [1.54, 1.807) is 0 Å². The van der Waals surface area contributed by atoms with Crippen LogP contribution in [0.15, 0.2) is 36.4 Å². The third-order valence-electron chi connectivity index (χ3n) is 4.01. The molecular weight excluding hydrogens is 300 g/mol. The van der Waals surface area contributed by atoms with Crippen LogP contribution in [0.3, 0.4) is 0 Å². The predicted molar refractivity (Wildman–Crippen MR) is 83.7 cm³/mol. The topological polar surface area (TPSA) is 29.5 Å². The Bertz CT molecular complexity index is 729. The number of amides is 1. The Morgan fingerprint density at radius 2 is 1.96 bits per heavy atom. The number of hydrogen-bond donors (Lipinski definition) is 0. The molecule has 0 aliphatic carbocycles. The van der Waals surface area contributed by atoms with Gasteiger partial charge in [-0.05, 0) is 36.6 Å². The number of fused-ring (bicyclic) bond motifs is 1. The third kappa shape index (κ3) is 3.18. The van der Waals surface area contributed by atoms with Gasteiger partial charge in [-0.25, -0.2) is 8.78 Å². The zero-order valence-corrected chi connectivity index (χ0v) is 12.8. The minimum absolute atomic E-state index is 0.164. The van der Waals surface area contributed by atoms with E-state index in [1.165, 1.54) is 16.5 Å². The number of aryl methyl sites for hydroxylation is 1. The van der Waals surface area contributed by atoms with E-state index in [9.17, 15) is 13.6 Å². The minimum Gasteiger partial charge on any atom is -0.484 e. The summed E-state index contributed by atoms with van der Waals surface area (Å²) in [5, 5.41) is 0. The number of halogens is 2. The number of carbonyl (C=O) groups is 1. The van der Waals surface area contributed by atoms with E-state index in [0.29, 0.717) is 30.0 Å². The standard InChI is InChI=1S/C18H17F2NO2/c1-2-12-3-5-14(6-4-12)23-11-18(22)21-8-7-15-16(20)9-13(19)10-17(15)21/h3-6,9-10H,2,7-8,11H2,1H3. The number of nitrogens with zero attached hydrogens (tertiary/aromatic N) is 1. The molecule has 0 radical (unpaired) electrons. The molecule has 0 aromatic heterocycles. The average Bonchev–Trinajstić information content (AvgIpc) is 2.97. The van der Waals surface area contributed by atoms with Crippen LogP contribution in [0, 0.1) is 11.6 Å². The van der Waals surface area contributed by atoms with Crippen molar-refractivity contribution in [2.75, 3.05) is 18.1 Å². The molecule has 23 heavy (non-hydrogen) atoms. The molecule has 3 rings (SSSR count). The summed E-state index contributed by atoms with van der Waals surface area (Å²) < 4.78 is 32.6. The summed E-state index contributed by atoms with van der Waals surface area (Å²) in [5.41, 5.74) is 1.87. The van der Waals surface area contributed by atoms with Gasteiger partial charge in [0.1, 0.15) is 17.4 Å². The molecule has 3 nitrogen and oxygen atoms in total. The zero-order valence-electron chi connectivity index (χ0n) is 12.8. The van der Waals surface area contributed by atoms with Crippen molar-refractivity contribution in [3.05, 3.63) is 59.2 Å². The van der Waals surface area contributed by atoms with E-state index in [0.717, 1.165) is 12.5 Å². The highest BCUT2D eigenvalue weighted by molar-refractivity contribution is 5.96. The molecule has 5 heteroatoms. The monoisotopic (exact) mass is 317 g/mol. The minimum atomic E-state index is -0.683. The maximum absolute atomic E-state index is 13.7. The molecule has 0 atom stereocenters. The molecule has 1 aliphatic rings. The number of carbonyl (C=O) groups excluding carboxylic acids is 1. The lowest BCUT2D eigenvalue weighted by molar-refractivity contribution is -0.120. The molecule has 1 amide bonds. The van der Waals surface area contributed by atoms with Crippen molar-refractivity contribution < 1.29 is 18.3 Å². The van der Waals surface area contributed by atoms with Crippen molar-refractivity contribution in [1.29, 1.82) is 0 Å². The molecule has 1 aliphatic heterocycles. The SMILES string of the molecule is CCc1ccc(OCC(=O)N2CCc3c(F)cc(F)cc32)cc1. The maximum Gasteiger partial charge on any atom is 0.264 e. The van der Waals surface area contributed by atoms with Crippen molar-refractivity contribution >= 4 is 11.6 Å². The first-order valence-electron chi connectivity index (χ1n) is 7.58. The summed E-state index contributed by atoms with van der Waals surface area (Å²) >= 11 is 0. The lowest BCUT2D eigenvalue weighted by Gasteiger charge is -2.18. The summed E-state index contributed by atoms with van der Waals surface area (Å²) in [6.45, 7) is 2.23. The van der Waals surface area contributed by atoms with Gasteiger partial charge in [-0.1, -0.05) is 19.1 Å². The Morgan fingerprint density at radius 3 is 2.65 bits per heavy atom. The fourth-order valence-electron chi connectivity index (χ4n) is 2.73. The molecule has 0 saturated heterocycles. The van der Waals surface area contributed by atoms with Crippen LogP contribution in [-0.2, 0) is 17.6 Å². The number of ether oxygens (including phenoxy) is 1. The summed E-state index contributed by atoms with van der Waals surface area (Å²) in [4.78, 5) is 13.7. The van der Waals surface area contributed by atoms with Gasteiger partial charge >= 0.3 is 0 Å². The van der Waals surface area contributed by atoms with Crippen LogP contribution < -0.4 is 9.64 Å². The number of anilines is 1. The number of hydrogen-bond acceptors (Lipinski definition) is 2. The lowest BCUT2D eigenvalue weighted by Crippen LogP contribution is -2.33. The Hall–Kier alpha value is -2.43. The summed E-state index contributed by atoms with van der Waals surface area (Å²) in [7, 11) is 0. The van der Waals surface area contributed by atoms with Crippen molar-refractivity contribution in [1.82, 2.24) is 0 Å². The molecule has 2 aromatic carbocycles. The Kier molecular flexibility index (Phi) is 4.28. The van der Waals surface area contributed by atoms with Crippen molar-refractivity contribution in [2.24, 2.45) is 0 Å². The van der Waals surface area contributed by atoms with E-state index in [-0.39, 0.29) is 12.5 Å². The van der Waals surface area contributed by atoms with Crippen LogP contribution in [0.5, 0.6) is 5.75 Å². The van der Waals surface area contributed by atoms with Gasteiger partial charge < -0.3 is 9.64 Å². The fraction of sp³-hybridized carbons (Fsp3) is 0.278. The second-order valence-corrected chi connectivity index (χ2v) is 5.47. The van der Waals surface area contributed by atoms with Gasteiger partial charge in [0.15, 0.2) is 6.61 Å². The van der Waals surface area contributed by atoms with Crippen LogP contribution in [-0.4, -0.2) is 19.1 Å². The summed E-state index contributed by atoms with van der Waals surface area (Å²) in [5.74, 6) is -1.00.